The zero-order valence-corrected chi connectivity index (χ0v) is 11.8. The van der Waals surface area contributed by atoms with Gasteiger partial charge in [-0.15, -0.1) is 11.3 Å². The van der Waals surface area contributed by atoms with Gasteiger partial charge in [-0.1, -0.05) is 23.7 Å². The first-order valence-electron chi connectivity index (χ1n) is 5.50. The number of amides is 1. The molecule has 1 rings (SSSR count). The molecule has 0 saturated carbocycles. The van der Waals surface area contributed by atoms with Gasteiger partial charge in [0.2, 0.25) is 0 Å². The van der Waals surface area contributed by atoms with Gasteiger partial charge in [0.25, 0.3) is 5.91 Å². The van der Waals surface area contributed by atoms with Gasteiger partial charge in [0.05, 0.1) is 5.02 Å². The van der Waals surface area contributed by atoms with E-state index < -0.39 is 0 Å². The molecule has 1 unspecified atom stereocenters. The van der Waals surface area contributed by atoms with Gasteiger partial charge in [0.15, 0.2) is 0 Å². The molecule has 1 amide bonds. The molecule has 0 bridgehead atoms. The van der Waals surface area contributed by atoms with Crippen molar-refractivity contribution in [1.29, 1.82) is 0 Å². The third-order valence-electron chi connectivity index (χ3n) is 2.59. The first-order chi connectivity index (χ1) is 8.51. The predicted molar refractivity (Wildman–Crippen MR) is 73.5 cm³/mol. The van der Waals surface area contributed by atoms with E-state index in [1.807, 2.05) is 6.92 Å². The molecule has 1 atom stereocenters. The summed E-state index contributed by atoms with van der Waals surface area (Å²) in [7, 11) is 0. The molecule has 1 aromatic rings. The topological polar surface area (TPSA) is 78.9 Å². The van der Waals surface area contributed by atoms with Crippen LogP contribution in [0.5, 0.6) is 0 Å². The maximum absolute atomic E-state index is 12.2. The van der Waals surface area contributed by atoms with Gasteiger partial charge in [-0.3, -0.25) is 4.79 Å². The van der Waals surface area contributed by atoms with Gasteiger partial charge >= 0.3 is 0 Å². The van der Waals surface area contributed by atoms with Gasteiger partial charge in [0, 0.05) is 19.0 Å². The lowest BCUT2D eigenvalue weighted by atomic mass is 10.1. The number of carbonyl (C=O) groups is 1. The van der Waals surface area contributed by atoms with E-state index >= 15 is 0 Å². The minimum atomic E-state index is -0.211. The van der Waals surface area contributed by atoms with Gasteiger partial charge in [0.1, 0.15) is 10.7 Å². The molecule has 7 heteroatoms. The van der Waals surface area contributed by atoms with Crippen LogP contribution in [0.1, 0.15) is 23.5 Å². The molecule has 0 spiro atoms. The quantitative estimate of drug-likeness (QED) is 0.378. The lowest BCUT2D eigenvalue weighted by Crippen LogP contribution is -2.38. The molecule has 1 aromatic heterocycles. The summed E-state index contributed by atoms with van der Waals surface area (Å²) >= 11 is 7.25. The summed E-state index contributed by atoms with van der Waals surface area (Å²) in [5.74, 6) is -0.230. The van der Waals surface area contributed by atoms with E-state index in [2.05, 4.69) is 5.16 Å². The number of nitrogens with two attached hydrogens (primary N) is 1. The number of halogens is 1. The van der Waals surface area contributed by atoms with Crippen LogP contribution < -0.4 is 5.73 Å². The van der Waals surface area contributed by atoms with Crippen LogP contribution >= 0.6 is 22.9 Å². The van der Waals surface area contributed by atoms with Crippen molar-refractivity contribution in [1.82, 2.24) is 4.90 Å². The fraction of sp³-hybridized carbons (Fsp3) is 0.455. The molecule has 3 N–H and O–H groups in total. The lowest BCUT2D eigenvalue weighted by Gasteiger charge is -2.23. The van der Waals surface area contributed by atoms with Crippen LogP contribution in [0, 0.1) is 5.92 Å². The molecule has 100 valence electrons. The van der Waals surface area contributed by atoms with Crippen molar-refractivity contribution in [3.8, 4) is 0 Å². The Morgan fingerprint density at radius 1 is 1.72 bits per heavy atom. The van der Waals surface area contributed by atoms with Gasteiger partial charge in [-0.25, -0.2) is 0 Å². The molecule has 0 saturated heterocycles. The van der Waals surface area contributed by atoms with Crippen molar-refractivity contribution in [2.45, 2.75) is 13.8 Å². The highest BCUT2D eigenvalue weighted by Crippen LogP contribution is 2.23. The summed E-state index contributed by atoms with van der Waals surface area (Å²) in [6.45, 7) is 4.59. The van der Waals surface area contributed by atoms with Crippen LogP contribution in [0.4, 0.5) is 0 Å². The highest BCUT2D eigenvalue weighted by atomic mass is 35.5. The number of hydrogen-bond acceptors (Lipinski definition) is 4. The molecular weight excluding hydrogens is 274 g/mol. The largest absolute Gasteiger partial charge is 0.409 e. The summed E-state index contributed by atoms with van der Waals surface area (Å²) in [6, 6.07) is 1.69. The number of amidine groups is 1. The third-order valence-corrected chi connectivity index (χ3v) is 3.92. The minimum Gasteiger partial charge on any atom is -0.409 e. The van der Waals surface area contributed by atoms with Crippen LogP contribution in [-0.4, -0.2) is 34.9 Å². The number of nitrogens with zero attached hydrogens (tertiary/aromatic N) is 2. The van der Waals surface area contributed by atoms with Crippen molar-refractivity contribution < 1.29 is 10.0 Å². The van der Waals surface area contributed by atoms with Crippen LogP contribution in [-0.2, 0) is 0 Å². The first-order valence-corrected chi connectivity index (χ1v) is 6.76. The second-order valence-corrected chi connectivity index (χ2v) is 5.19. The van der Waals surface area contributed by atoms with Crippen molar-refractivity contribution >= 4 is 34.7 Å². The monoisotopic (exact) mass is 289 g/mol. The van der Waals surface area contributed by atoms with E-state index in [1.54, 1.807) is 23.3 Å². The molecule has 0 radical (unpaired) electrons. The molecule has 0 aliphatic rings. The second-order valence-electron chi connectivity index (χ2n) is 3.87. The average Bonchev–Trinajstić information content (AvgIpc) is 2.79. The van der Waals surface area contributed by atoms with Gasteiger partial charge < -0.3 is 15.8 Å². The Hall–Kier alpha value is -1.27. The number of oxime groups is 1. The summed E-state index contributed by atoms with van der Waals surface area (Å²) < 4.78 is 0. The molecule has 0 aromatic carbocycles. The molecule has 0 fully saturated rings. The molecule has 18 heavy (non-hydrogen) atoms. The number of carbonyl (C=O) groups excluding carboxylic acids is 1. The van der Waals surface area contributed by atoms with Crippen LogP contribution in [0.25, 0.3) is 0 Å². The van der Waals surface area contributed by atoms with Crippen molar-refractivity contribution in [3.63, 3.8) is 0 Å². The van der Waals surface area contributed by atoms with Crippen LogP contribution in [0.2, 0.25) is 5.02 Å². The number of hydrogen-bond donors (Lipinski definition) is 2. The smallest absolute Gasteiger partial charge is 0.265 e. The molecule has 0 aliphatic heterocycles. The van der Waals surface area contributed by atoms with E-state index in [1.165, 1.54) is 11.3 Å². The molecule has 0 aliphatic carbocycles. The minimum absolute atomic E-state index is 0.110. The SMILES string of the molecule is CCN(CC(C)/C(N)=N/O)C(=O)c1sccc1Cl. The van der Waals surface area contributed by atoms with Crippen LogP contribution in [0.15, 0.2) is 16.6 Å². The maximum atomic E-state index is 12.2. The summed E-state index contributed by atoms with van der Waals surface area (Å²) in [6.07, 6.45) is 0. The van der Waals surface area contributed by atoms with Crippen LogP contribution in [0.3, 0.4) is 0 Å². The van der Waals surface area contributed by atoms with Gasteiger partial charge in [-0.2, -0.15) is 0 Å². The predicted octanol–water partition coefficient (Wildman–Crippen LogP) is 2.25. The Bertz CT molecular complexity index is 447. The third kappa shape index (κ3) is 3.36. The fourth-order valence-corrected chi connectivity index (χ4v) is 2.57. The average molecular weight is 290 g/mol. The maximum Gasteiger partial charge on any atom is 0.265 e. The Morgan fingerprint density at radius 2 is 2.39 bits per heavy atom. The molecular formula is C11H16ClN3O2S. The summed E-state index contributed by atoms with van der Waals surface area (Å²) in [4.78, 5) is 14.4. The zero-order valence-electron chi connectivity index (χ0n) is 10.3. The first kappa shape index (κ1) is 14.8. The molecule has 1 heterocycles. The molecule has 5 nitrogen and oxygen atoms in total. The van der Waals surface area contributed by atoms with E-state index in [-0.39, 0.29) is 17.7 Å². The normalized spacial score (nSPS) is 13.4. The van der Waals surface area contributed by atoms with E-state index in [0.29, 0.717) is 23.0 Å². The van der Waals surface area contributed by atoms with Crippen molar-refractivity contribution in [3.05, 3.63) is 21.3 Å². The zero-order chi connectivity index (χ0) is 13.7. The van der Waals surface area contributed by atoms with Crippen molar-refractivity contribution in [2.24, 2.45) is 16.8 Å². The van der Waals surface area contributed by atoms with Gasteiger partial charge in [-0.05, 0) is 18.4 Å². The van der Waals surface area contributed by atoms with E-state index in [9.17, 15) is 4.79 Å². The fourth-order valence-electron chi connectivity index (χ4n) is 1.47. The Labute approximate surface area is 115 Å². The summed E-state index contributed by atoms with van der Waals surface area (Å²) in [5.41, 5.74) is 5.51. The lowest BCUT2D eigenvalue weighted by molar-refractivity contribution is 0.0759. The summed E-state index contributed by atoms with van der Waals surface area (Å²) in [5, 5.41) is 13.8. The second kappa shape index (κ2) is 6.61. The number of rotatable bonds is 5. The highest BCUT2D eigenvalue weighted by Gasteiger charge is 2.21. The van der Waals surface area contributed by atoms with E-state index in [0.717, 1.165) is 0 Å². The van der Waals surface area contributed by atoms with E-state index in [4.69, 9.17) is 22.5 Å². The van der Waals surface area contributed by atoms with Crippen molar-refractivity contribution in [2.75, 3.05) is 13.1 Å². The Kier molecular flexibility index (Phi) is 5.43. The number of thiophene rings is 1. The standard InChI is InChI=1S/C11H16ClN3O2S/c1-3-15(6-7(2)10(13)14-17)11(16)9-8(12)4-5-18-9/h4-5,7,17H,3,6H2,1-2H3,(H2,13,14). The Morgan fingerprint density at radius 3 is 2.83 bits per heavy atom. The Balaban J connectivity index is 2.79. The highest BCUT2D eigenvalue weighted by molar-refractivity contribution is 7.12.